The van der Waals surface area contributed by atoms with Crippen LogP contribution in [0.1, 0.15) is 17.5 Å². The first kappa shape index (κ1) is 23.3. The second kappa shape index (κ2) is 8.95. The van der Waals surface area contributed by atoms with E-state index < -0.39 is 17.3 Å². The van der Waals surface area contributed by atoms with Gasteiger partial charge in [-0.2, -0.15) is 5.26 Å². The van der Waals surface area contributed by atoms with Gasteiger partial charge in [0.05, 0.1) is 43.0 Å². The molecule has 0 saturated carbocycles. The van der Waals surface area contributed by atoms with Gasteiger partial charge in [-0.15, -0.1) is 0 Å². The highest BCUT2D eigenvalue weighted by molar-refractivity contribution is 6.30. The molecule has 0 radical (unpaired) electrons. The Balaban J connectivity index is 1.51. The summed E-state index contributed by atoms with van der Waals surface area (Å²) in [5.41, 5.74) is -0.508. The fraction of sp³-hybridized carbons (Fsp3) is 0.360. The molecule has 3 fully saturated rings. The van der Waals surface area contributed by atoms with E-state index in [0.29, 0.717) is 24.8 Å². The van der Waals surface area contributed by atoms with Crippen molar-refractivity contribution in [2.75, 3.05) is 37.7 Å². The number of benzene rings is 2. The molecule has 1 spiro atoms. The molecule has 2 aromatic carbocycles. The van der Waals surface area contributed by atoms with Gasteiger partial charge in [0.15, 0.2) is 0 Å². The van der Waals surface area contributed by atoms with Gasteiger partial charge in [0.2, 0.25) is 11.8 Å². The van der Waals surface area contributed by atoms with Crippen LogP contribution in [0.4, 0.5) is 10.1 Å². The predicted octanol–water partition coefficient (Wildman–Crippen LogP) is 2.34. The fourth-order valence-electron chi connectivity index (χ4n) is 4.91. The highest BCUT2D eigenvalue weighted by atomic mass is 35.5. The van der Waals surface area contributed by atoms with Crippen LogP contribution >= 0.6 is 11.6 Å². The number of carbonyl (C=O) groups excluding carboxylic acids is 3. The van der Waals surface area contributed by atoms with E-state index in [2.05, 4.69) is 0 Å². The molecular weight excluding hydrogens is 475 g/mol. The number of carbonyl (C=O) groups is 3. The average molecular weight is 497 g/mol. The monoisotopic (exact) mass is 496 g/mol. The topological polar surface area (TPSA) is 94.0 Å². The summed E-state index contributed by atoms with van der Waals surface area (Å²) in [6, 6.07) is 12.6. The Labute approximate surface area is 206 Å². The molecule has 1 unspecified atom stereocenters. The molecule has 3 aliphatic heterocycles. The zero-order valence-electron chi connectivity index (χ0n) is 18.7. The number of hydrogen-bond donors (Lipinski definition) is 0. The van der Waals surface area contributed by atoms with Crippen LogP contribution in [0, 0.1) is 23.1 Å². The van der Waals surface area contributed by atoms with Gasteiger partial charge in [-0.25, -0.2) is 4.39 Å². The van der Waals surface area contributed by atoms with Crippen molar-refractivity contribution in [3.05, 3.63) is 64.4 Å². The SMILES string of the molecule is N#Cc1ccc(N2CC(=O)N(Cc3ccc(Cl)cc3)C3(CCN(C(=O)C4COC4)C3)C2=O)c(F)c1. The Morgan fingerprint density at radius 1 is 1.20 bits per heavy atom. The van der Waals surface area contributed by atoms with Gasteiger partial charge in [0.25, 0.3) is 5.91 Å². The normalized spacial score (nSPS) is 22.5. The van der Waals surface area contributed by atoms with Crippen LogP contribution < -0.4 is 4.90 Å². The number of anilines is 1. The van der Waals surface area contributed by atoms with E-state index >= 15 is 0 Å². The minimum atomic E-state index is -1.34. The number of hydrogen-bond acceptors (Lipinski definition) is 5. The summed E-state index contributed by atoms with van der Waals surface area (Å²) < 4.78 is 20.0. The van der Waals surface area contributed by atoms with Crippen LogP contribution in [0.3, 0.4) is 0 Å². The molecule has 1 atom stereocenters. The van der Waals surface area contributed by atoms with Gasteiger partial charge < -0.3 is 14.5 Å². The summed E-state index contributed by atoms with van der Waals surface area (Å²) >= 11 is 6.00. The molecule has 180 valence electrons. The Hall–Kier alpha value is -3.48. The molecule has 0 bridgehead atoms. The lowest BCUT2D eigenvalue weighted by Crippen LogP contribution is -2.69. The van der Waals surface area contributed by atoms with Crippen LogP contribution in [0.5, 0.6) is 0 Å². The van der Waals surface area contributed by atoms with Crippen molar-refractivity contribution >= 4 is 35.0 Å². The first-order chi connectivity index (χ1) is 16.8. The maximum Gasteiger partial charge on any atom is 0.255 e. The number of nitriles is 1. The van der Waals surface area contributed by atoms with E-state index in [4.69, 9.17) is 21.6 Å². The van der Waals surface area contributed by atoms with Crippen LogP contribution in [-0.2, 0) is 25.7 Å². The number of ether oxygens (including phenoxy) is 1. The van der Waals surface area contributed by atoms with E-state index in [0.717, 1.165) is 16.5 Å². The highest BCUT2D eigenvalue weighted by Gasteiger charge is 2.57. The van der Waals surface area contributed by atoms with Crippen molar-refractivity contribution in [2.24, 2.45) is 5.92 Å². The van der Waals surface area contributed by atoms with Crippen LogP contribution in [0.15, 0.2) is 42.5 Å². The van der Waals surface area contributed by atoms with Crippen molar-refractivity contribution in [1.82, 2.24) is 9.80 Å². The largest absolute Gasteiger partial charge is 0.380 e. The molecule has 0 N–H and O–H groups in total. The van der Waals surface area contributed by atoms with Crippen molar-refractivity contribution in [3.63, 3.8) is 0 Å². The number of nitrogens with zero attached hydrogens (tertiary/aromatic N) is 4. The van der Waals surface area contributed by atoms with Gasteiger partial charge in [-0.1, -0.05) is 23.7 Å². The number of likely N-dealkylation sites (tertiary alicyclic amines) is 1. The Morgan fingerprint density at radius 3 is 2.57 bits per heavy atom. The maximum absolute atomic E-state index is 14.9. The van der Waals surface area contributed by atoms with Gasteiger partial charge in [-0.05, 0) is 42.3 Å². The summed E-state index contributed by atoms with van der Waals surface area (Å²) in [4.78, 5) is 44.7. The number of piperazine rings is 1. The summed E-state index contributed by atoms with van der Waals surface area (Å²) in [7, 11) is 0. The second-order valence-electron chi connectivity index (χ2n) is 9.05. The van der Waals surface area contributed by atoms with Crippen LogP contribution in [0.2, 0.25) is 5.02 Å². The molecule has 2 aromatic rings. The van der Waals surface area contributed by atoms with Gasteiger partial charge in [0.1, 0.15) is 17.9 Å². The van der Waals surface area contributed by atoms with Gasteiger partial charge in [0, 0.05) is 18.1 Å². The zero-order valence-corrected chi connectivity index (χ0v) is 19.5. The first-order valence-electron chi connectivity index (χ1n) is 11.3. The molecule has 3 aliphatic rings. The third-order valence-electron chi connectivity index (χ3n) is 6.92. The Morgan fingerprint density at radius 2 is 1.94 bits per heavy atom. The van der Waals surface area contributed by atoms with Crippen LogP contribution in [-0.4, -0.2) is 65.9 Å². The molecule has 8 nitrogen and oxygen atoms in total. The number of halogens is 2. The Bertz CT molecular complexity index is 1240. The fourth-order valence-corrected chi connectivity index (χ4v) is 5.04. The smallest absolute Gasteiger partial charge is 0.255 e. The molecule has 5 rings (SSSR count). The lowest BCUT2D eigenvalue weighted by atomic mass is 9.89. The number of amides is 3. The quantitative estimate of drug-likeness (QED) is 0.647. The lowest BCUT2D eigenvalue weighted by molar-refractivity contribution is -0.154. The molecule has 10 heteroatoms. The van der Waals surface area contributed by atoms with E-state index in [1.807, 2.05) is 6.07 Å². The summed E-state index contributed by atoms with van der Waals surface area (Å²) in [6.45, 7) is 0.810. The minimum Gasteiger partial charge on any atom is -0.380 e. The summed E-state index contributed by atoms with van der Waals surface area (Å²) in [5.74, 6) is -1.93. The average Bonchev–Trinajstić information content (AvgIpc) is 3.26. The third-order valence-corrected chi connectivity index (χ3v) is 7.17. The Kier molecular flexibility index (Phi) is 5.95. The molecule has 3 heterocycles. The van der Waals surface area contributed by atoms with Crippen molar-refractivity contribution in [2.45, 2.75) is 18.5 Å². The van der Waals surface area contributed by atoms with E-state index in [9.17, 15) is 18.8 Å². The van der Waals surface area contributed by atoms with E-state index in [1.54, 1.807) is 29.2 Å². The van der Waals surface area contributed by atoms with Crippen molar-refractivity contribution < 1.29 is 23.5 Å². The van der Waals surface area contributed by atoms with E-state index in [1.165, 1.54) is 17.0 Å². The predicted molar refractivity (Wildman–Crippen MR) is 124 cm³/mol. The molecule has 0 aliphatic carbocycles. The third kappa shape index (κ3) is 4.03. The van der Waals surface area contributed by atoms with Crippen molar-refractivity contribution in [3.8, 4) is 6.07 Å². The highest BCUT2D eigenvalue weighted by Crippen LogP contribution is 2.38. The number of rotatable bonds is 4. The second-order valence-corrected chi connectivity index (χ2v) is 9.49. The van der Waals surface area contributed by atoms with Crippen LogP contribution in [0.25, 0.3) is 0 Å². The first-order valence-corrected chi connectivity index (χ1v) is 11.6. The molecular formula is C25H22ClFN4O4. The van der Waals surface area contributed by atoms with Gasteiger partial charge >= 0.3 is 0 Å². The summed E-state index contributed by atoms with van der Waals surface area (Å²) in [5, 5.41) is 9.60. The standard InChI is InChI=1S/C25H22ClFN4O4/c26-19-4-1-16(2-5-19)11-31-22(32)12-30(21-6-3-17(10-28)9-20(21)27)24(34)25(31)7-8-29(15-25)23(33)18-13-35-14-18/h1-6,9,18H,7-8,11-15H2. The summed E-state index contributed by atoms with van der Waals surface area (Å²) in [6.07, 6.45) is 0.235. The van der Waals surface area contributed by atoms with Crippen molar-refractivity contribution in [1.29, 1.82) is 5.26 Å². The molecule has 35 heavy (non-hydrogen) atoms. The molecule has 3 saturated heterocycles. The van der Waals surface area contributed by atoms with Gasteiger partial charge in [-0.3, -0.25) is 19.3 Å². The molecule has 3 amide bonds. The van der Waals surface area contributed by atoms with E-state index in [-0.39, 0.29) is 55.0 Å². The zero-order chi connectivity index (χ0) is 24.7. The maximum atomic E-state index is 14.9. The minimum absolute atomic E-state index is 0.0227. The lowest BCUT2D eigenvalue weighted by Gasteiger charge is -2.47. The molecule has 0 aromatic heterocycles.